The highest BCUT2D eigenvalue weighted by atomic mass is 16.5. The van der Waals surface area contributed by atoms with E-state index >= 15 is 0 Å². The smallest absolute Gasteiger partial charge is 0.229 e. The van der Waals surface area contributed by atoms with Crippen LogP contribution in [0.25, 0.3) is 0 Å². The molecule has 2 aromatic carbocycles. The van der Waals surface area contributed by atoms with E-state index in [9.17, 15) is 4.79 Å². The third kappa shape index (κ3) is 5.14. The minimum atomic E-state index is -0.147. The van der Waals surface area contributed by atoms with Gasteiger partial charge in [0.05, 0.1) is 32.4 Å². The van der Waals surface area contributed by atoms with Gasteiger partial charge in [0, 0.05) is 18.2 Å². The molecule has 0 bridgehead atoms. The van der Waals surface area contributed by atoms with Crippen molar-refractivity contribution in [2.75, 3.05) is 32.8 Å². The van der Waals surface area contributed by atoms with Crippen molar-refractivity contribution in [3.63, 3.8) is 0 Å². The first-order valence-corrected chi connectivity index (χ1v) is 9.04. The molecule has 0 aliphatic carbocycles. The zero-order valence-corrected chi connectivity index (χ0v) is 15.7. The normalized spacial score (nSPS) is 16.0. The van der Waals surface area contributed by atoms with E-state index in [4.69, 9.17) is 18.9 Å². The molecule has 27 heavy (non-hydrogen) atoms. The maximum Gasteiger partial charge on any atom is 0.229 e. The standard InChI is InChI=1S/C21H25NO5/c1-24-16-10-9-15(20(13-16)25-2)12-21(23)22-18-7-3-4-8-19(18)27-14-17-6-5-11-26-17/h3-4,7-10,13,17H,5-6,11-12,14H2,1-2H3,(H,22,23). The van der Waals surface area contributed by atoms with Crippen molar-refractivity contribution in [1.29, 1.82) is 0 Å². The minimum Gasteiger partial charge on any atom is -0.497 e. The quantitative estimate of drug-likeness (QED) is 0.770. The van der Waals surface area contributed by atoms with Gasteiger partial charge >= 0.3 is 0 Å². The van der Waals surface area contributed by atoms with Gasteiger partial charge in [-0.3, -0.25) is 4.79 Å². The van der Waals surface area contributed by atoms with Crippen LogP contribution in [-0.4, -0.2) is 39.4 Å². The van der Waals surface area contributed by atoms with Crippen molar-refractivity contribution in [3.8, 4) is 17.2 Å². The molecular weight excluding hydrogens is 346 g/mol. The van der Waals surface area contributed by atoms with Crippen LogP contribution in [-0.2, 0) is 16.0 Å². The molecule has 1 heterocycles. The molecule has 1 N–H and O–H groups in total. The van der Waals surface area contributed by atoms with E-state index in [0.717, 1.165) is 25.0 Å². The number of carbonyl (C=O) groups excluding carboxylic acids is 1. The van der Waals surface area contributed by atoms with Crippen LogP contribution in [0.15, 0.2) is 42.5 Å². The number of methoxy groups -OCH3 is 2. The van der Waals surface area contributed by atoms with Gasteiger partial charge in [0.15, 0.2) is 0 Å². The van der Waals surface area contributed by atoms with Crippen LogP contribution in [0, 0.1) is 0 Å². The molecule has 2 aromatic rings. The predicted octanol–water partition coefficient (Wildman–Crippen LogP) is 3.44. The summed E-state index contributed by atoms with van der Waals surface area (Å²) in [6, 6.07) is 12.8. The van der Waals surface area contributed by atoms with E-state index in [-0.39, 0.29) is 18.4 Å². The van der Waals surface area contributed by atoms with Crippen LogP contribution >= 0.6 is 0 Å². The van der Waals surface area contributed by atoms with Crippen molar-refractivity contribution in [2.45, 2.75) is 25.4 Å². The Morgan fingerprint density at radius 2 is 2.00 bits per heavy atom. The molecule has 3 rings (SSSR count). The predicted molar refractivity (Wildman–Crippen MR) is 103 cm³/mol. The zero-order chi connectivity index (χ0) is 19.1. The topological polar surface area (TPSA) is 66.0 Å². The van der Waals surface area contributed by atoms with Gasteiger partial charge in [-0.1, -0.05) is 18.2 Å². The van der Waals surface area contributed by atoms with Gasteiger partial charge in [0.25, 0.3) is 0 Å². The molecule has 0 spiro atoms. The number of rotatable bonds is 8. The van der Waals surface area contributed by atoms with Gasteiger partial charge in [0.1, 0.15) is 23.9 Å². The summed E-state index contributed by atoms with van der Waals surface area (Å²) >= 11 is 0. The number of nitrogens with one attached hydrogen (secondary N) is 1. The lowest BCUT2D eigenvalue weighted by molar-refractivity contribution is -0.115. The summed E-state index contributed by atoms with van der Waals surface area (Å²) in [6.07, 6.45) is 2.38. The van der Waals surface area contributed by atoms with Crippen molar-refractivity contribution in [2.24, 2.45) is 0 Å². The first-order chi connectivity index (χ1) is 13.2. The lowest BCUT2D eigenvalue weighted by Crippen LogP contribution is -2.19. The number of benzene rings is 2. The Morgan fingerprint density at radius 1 is 1.15 bits per heavy atom. The minimum absolute atomic E-state index is 0.123. The maximum atomic E-state index is 12.5. The average Bonchev–Trinajstić information content (AvgIpc) is 3.21. The van der Waals surface area contributed by atoms with E-state index in [2.05, 4.69) is 5.32 Å². The second kappa shape index (κ2) is 9.28. The summed E-state index contributed by atoms with van der Waals surface area (Å²) in [5.41, 5.74) is 1.43. The van der Waals surface area contributed by atoms with Gasteiger partial charge in [-0.2, -0.15) is 0 Å². The van der Waals surface area contributed by atoms with Crippen LogP contribution in [0.3, 0.4) is 0 Å². The number of hydrogen-bond acceptors (Lipinski definition) is 5. The number of para-hydroxylation sites is 2. The number of anilines is 1. The third-order valence-corrected chi connectivity index (χ3v) is 4.46. The lowest BCUT2D eigenvalue weighted by atomic mass is 10.1. The van der Waals surface area contributed by atoms with E-state index < -0.39 is 0 Å². The number of ether oxygens (including phenoxy) is 4. The Labute approximate surface area is 159 Å². The zero-order valence-electron chi connectivity index (χ0n) is 15.7. The molecule has 1 aliphatic rings. The van der Waals surface area contributed by atoms with Crippen LogP contribution in [0.5, 0.6) is 17.2 Å². The molecule has 6 nitrogen and oxygen atoms in total. The SMILES string of the molecule is COc1ccc(CC(=O)Nc2ccccc2OCC2CCCO2)c(OC)c1. The van der Waals surface area contributed by atoms with E-state index in [0.29, 0.717) is 29.5 Å². The van der Waals surface area contributed by atoms with E-state index in [1.165, 1.54) is 0 Å². The molecule has 6 heteroatoms. The van der Waals surface area contributed by atoms with Gasteiger partial charge in [-0.25, -0.2) is 0 Å². The number of amides is 1. The molecule has 1 saturated heterocycles. The highest BCUT2D eigenvalue weighted by molar-refractivity contribution is 5.94. The molecule has 1 atom stereocenters. The molecule has 1 unspecified atom stereocenters. The Hall–Kier alpha value is -2.73. The summed E-state index contributed by atoms with van der Waals surface area (Å²) in [5, 5.41) is 2.92. The first kappa shape index (κ1) is 19.0. The Morgan fingerprint density at radius 3 is 2.74 bits per heavy atom. The highest BCUT2D eigenvalue weighted by Gasteiger charge is 2.17. The van der Waals surface area contributed by atoms with Crippen molar-refractivity contribution in [3.05, 3.63) is 48.0 Å². The molecule has 0 saturated carbocycles. The average molecular weight is 371 g/mol. The Kier molecular flexibility index (Phi) is 6.54. The van der Waals surface area contributed by atoms with Gasteiger partial charge in [-0.05, 0) is 31.0 Å². The summed E-state index contributed by atoms with van der Waals surface area (Å²) in [6.45, 7) is 1.27. The van der Waals surface area contributed by atoms with Gasteiger partial charge < -0.3 is 24.3 Å². The van der Waals surface area contributed by atoms with Crippen molar-refractivity contribution < 1.29 is 23.7 Å². The second-order valence-corrected chi connectivity index (χ2v) is 6.34. The van der Waals surface area contributed by atoms with Gasteiger partial charge in [-0.15, -0.1) is 0 Å². The summed E-state index contributed by atoms with van der Waals surface area (Å²) in [5.74, 6) is 1.80. The largest absolute Gasteiger partial charge is 0.497 e. The third-order valence-electron chi connectivity index (χ3n) is 4.46. The summed E-state index contributed by atoms with van der Waals surface area (Å²) in [7, 11) is 3.17. The van der Waals surface area contributed by atoms with E-state index in [1.807, 2.05) is 36.4 Å². The van der Waals surface area contributed by atoms with E-state index in [1.54, 1.807) is 20.3 Å². The fraction of sp³-hybridized carbons (Fsp3) is 0.381. The molecular formula is C21H25NO5. The second-order valence-electron chi connectivity index (χ2n) is 6.34. The van der Waals surface area contributed by atoms with Crippen LogP contribution in [0.4, 0.5) is 5.69 Å². The van der Waals surface area contributed by atoms with Gasteiger partial charge in [0.2, 0.25) is 5.91 Å². The number of carbonyl (C=O) groups is 1. The number of hydrogen-bond donors (Lipinski definition) is 1. The highest BCUT2D eigenvalue weighted by Crippen LogP contribution is 2.27. The Balaban J connectivity index is 1.64. The van der Waals surface area contributed by atoms with Crippen LogP contribution in [0.2, 0.25) is 0 Å². The maximum absolute atomic E-state index is 12.5. The molecule has 1 fully saturated rings. The Bertz CT molecular complexity index is 771. The molecule has 0 aromatic heterocycles. The monoisotopic (exact) mass is 371 g/mol. The molecule has 1 aliphatic heterocycles. The summed E-state index contributed by atoms with van der Waals surface area (Å²) in [4.78, 5) is 12.5. The van der Waals surface area contributed by atoms with Crippen LogP contribution in [0.1, 0.15) is 18.4 Å². The summed E-state index contributed by atoms with van der Waals surface area (Å²) < 4.78 is 22.0. The van der Waals surface area contributed by atoms with Crippen LogP contribution < -0.4 is 19.5 Å². The first-order valence-electron chi connectivity index (χ1n) is 9.04. The molecule has 1 amide bonds. The van der Waals surface area contributed by atoms with Crippen molar-refractivity contribution in [1.82, 2.24) is 0 Å². The van der Waals surface area contributed by atoms with Crippen molar-refractivity contribution >= 4 is 11.6 Å². The molecule has 0 radical (unpaired) electrons. The lowest BCUT2D eigenvalue weighted by Gasteiger charge is -2.15. The fourth-order valence-corrected chi connectivity index (χ4v) is 3.02. The fourth-order valence-electron chi connectivity index (χ4n) is 3.02. The molecule has 144 valence electrons.